The topological polar surface area (TPSA) is 65.1 Å². The van der Waals surface area contributed by atoms with Crippen LogP contribution >= 0.6 is 0 Å². The second-order valence-corrected chi connectivity index (χ2v) is 8.38. The van der Waals surface area contributed by atoms with E-state index in [2.05, 4.69) is 0 Å². The molecule has 2 amide bonds. The Morgan fingerprint density at radius 2 is 1.75 bits per heavy atom. The Bertz CT molecular complexity index is 348. The lowest BCUT2D eigenvalue weighted by atomic mass is 10.0. The number of rotatable bonds is 8. The first-order valence-electron chi connectivity index (χ1n) is 6.92. The smallest absolute Gasteiger partial charge is 0.377 e. The summed E-state index contributed by atoms with van der Waals surface area (Å²) in [6, 6.07) is 0.585. The largest absolute Gasteiger partial charge is 0.500 e. The fraction of sp³-hybridized carbons (Fsp3) is 0.846. The minimum Gasteiger partial charge on any atom is -0.377 e. The van der Waals surface area contributed by atoms with Gasteiger partial charge in [0.1, 0.15) is 0 Å². The van der Waals surface area contributed by atoms with Gasteiger partial charge >= 0.3 is 8.80 Å². The fourth-order valence-corrected chi connectivity index (χ4v) is 4.35. The average Bonchev–Trinajstić information content (AvgIpc) is 2.70. The van der Waals surface area contributed by atoms with Gasteiger partial charge in [-0.1, -0.05) is 0 Å². The first kappa shape index (κ1) is 17.3. The average molecular weight is 303 g/mol. The number of hydrogen-bond donors (Lipinski definition) is 0. The summed E-state index contributed by atoms with van der Waals surface area (Å²) in [5, 5.41) is 0. The molecule has 0 spiro atoms. The van der Waals surface area contributed by atoms with Crippen molar-refractivity contribution >= 4 is 20.6 Å². The monoisotopic (exact) mass is 303 g/mol. The van der Waals surface area contributed by atoms with Crippen LogP contribution in [0.2, 0.25) is 6.04 Å². The van der Waals surface area contributed by atoms with Crippen molar-refractivity contribution in [2.24, 2.45) is 5.92 Å². The maximum absolute atomic E-state index is 12.1. The van der Waals surface area contributed by atoms with E-state index < -0.39 is 8.80 Å². The van der Waals surface area contributed by atoms with Crippen LogP contribution < -0.4 is 0 Å². The quantitative estimate of drug-likeness (QED) is 0.501. The second kappa shape index (κ2) is 7.30. The molecule has 1 rings (SSSR count). The lowest BCUT2D eigenvalue weighted by Gasteiger charge is -2.24. The molecule has 1 aliphatic heterocycles. The van der Waals surface area contributed by atoms with E-state index in [0.29, 0.717) is 18.9 Å². The van der Waals surface area contributed by atoms with Crippen LogP contribution in [0.5, 0.6) is 0 Å². The summed E-state index contributed by atoms with van der Waals surface area (Å²) in [7, 11) is 2.14. The molecule has 0 aliphatic carbocycles. The number of imide groups is 1. The van der Waals surface area contributed by atoms with Crippen LogP contribution in [0.3, 0.4) is 0 Å². The van der Waals surface area contributed by atoms with E-state index >= 15 is 0 Å². The second-order valence-electron chi connectivity index (χ2n) is 5.28. The predicted octanol–water partition coefficient (Wildman–Crippen LogP) is 1.43. The van der Waals surface area contributed by atoms with Crippen LogP contribution in [0.4, 0.5) is 0 Å². The molecule has 0 N–H and O–H groups in total. The molecule has 0 saturated carbocycles. The molecule has 7 heteroatoms. The van der Waals surface area contributed by atoms with Gasteiger partial charge in [-0.25, -0.2) is 0 Å². The lowest BCUT2D eigenvalue weighted by molar-refractivity contribution is -0.141. The van der Waals surface area contributed by atoms with Gasteiger partial charge in [0, 0.05) is 45.8 Å². The van der Waals surface area contributed by atoms with E-state index in [-0.39, 0.29) is 23.8 Å². The van der Waals surface area contributed by atoms with Gasteiger partial charge in [0.2, 0.25) is 11.8 Å². The Balaban J connectivity index is 2.51. The lowest BCUT2D eigenvalue weighted by Crippen LogP contribution is -2.42. The van der Waals surface area contributed by atoms with Crippen molar-refractivity contribution in [2.45, 2.75) is 45.2 Å². The van der Waals surface area contributed by atoms with Gasteiger partial charge in [0.25, 0.3) is 0 Å². The van der Waals surface area contributed by atoms with Crippen LogP contribution in [-0.2, 0) is 22.9 Å². The number of carbonyl (C=O) groups excluding carboxylic acids is 2. The van der Waals surface area contributed by atoms with E-state index in [4.69, 9.17) is 13.3 Å². The molecular weight excluding hydrogens is 278 g/mol. The van der Waals surface area contributed by atoms with Crippen LogP contribution in [0.15, 0.2) is 0 Å². The summed E-state index contributed by atoms with van der Waals surface area (Å²) in [5.74, 6) is -0.324. The van der Waals surface area contributed by atoms with Crippen LogP contribution in [0.1, 0.15) is 33.1 Å². The van der Waals surface area contributed by atoms with Crippen molar-refractivity contribution in [3.63, 3.8) is 0 Å². The number of carbonyl (C=O) groups is 2. The van der Waals surface area contributed by atoms with Crippen molar-refractivity contribution in [1.82, 2.24) is 4.90 Å². The maximum Gasteiger partial charge on any atom is 0.500 e. The van der Waals surface area contributed by atoms with E-state index in [1.54, 1.807) is 21.3 Å². The number of likely N-dealkylation sites (tertiary alicyclic amines) is 1. The molecule has 0 aromatic carbocycles. The van der Waals surface area contributed by atoms with Crippen LogP contribution in [0, 0.1) is 5.92 Å². The number of amides is 2. The van der Waals surface area contributed by atoms with Gasteiger partial charge in [-0.3, -0.25) is 14.5 Å². The molecule has 6 nitrogen and oxygen atoms in total. The van der Waals surface area contributed by atoms with E-state index in [1.807, 2.05) is 13.8 Å². The van der Waals surface area contributed by atoms with E-state index in [1.165, 1.54) is 4.90 Å². The standard InChI is InChI=1S/C13H25NO5Si/c1-10(2)14-12(15)9-11(13(14)16)7-6-8-20(17-3,18-4)19-5/h10-11H,6-9H2,1-5H3. The predicted molar refractivity (Wildman–Crippen MR) is 75.9 cm³/mol. The van der Waals surface area contributed by atoms with Crippen molar-refractivity contribution in [2.75, 3.05) is 21.3 Å². The minimum absolute atomic E-state index is 0.0514. The van der Waals surface area contributed by atoms with Gasteiger partial charge in [-0.05, 0) is 26.7 Å². The zero-order chi connectivity index (χ0) is 15.3. The molecule has 1 fully saturated rings. The third kappa shape index (κ3) is 3.66. The molecule has 0 bridgehead atoms. The van der Waals surface area contributed by atoms with Crippen LogP contribution in [-0.4, -0.2) is 52.9 Å². The molecule has 1 heterocycles. The van der Waals surface area contributed by atoms with Crippen molar-refractivity contribution in [3.05, 3.63) is 0 Å². The molecule has 0 radical (unpaired) electrons. The zero-order valence-electron chi connectivity index (χ0n) is 13.0. The fourth-order valence-electron chi connectivity index (χ4n) is 2.61. The third-order valence-electron chi connectivity index (χ3n) is 3.76. The number of nitrogens with zero attached hydrogens (tertiary/aromatic N) is 1. The highest BCUT2D eigenvalue weighted by Crippen LogP contribution is 2.28. The minimum atomic E-state index is -2.58. The maximum atomic E-state index is 12.1. The summed E-state index contributed by atoms with van der Waals surface area (Å²) in [6.45, 7) is 3.72. The van der Waals surface area contributed by atoms with Gasteiger partial charge in [-0.2, -0.15) is 0 Å². The Kier molecular flexibility index (Phi) is 6.31. The van der Waals surface area contributed by atoms with Crippen molar-refractivity contribution < 1.29 is 22.9 Å². The molecule has 0 aromatic heterocycles. The summed E-state index contributed by atoms with van der Waals surface area (Å²) < 4.78 is 16.0. The third-order valence-corrected chi connectivity index (χ3v) is 6.59. The highest BCUT2D eigenvalue weighted by Gasteiger charge is 2.41. The Morgan fingerprint density at radius 1 is 1.20 bits per heavy atom. The molecule has 0 aromatic rings. The molecule has 20 heavy (non-hydrogen) atoms. The normalized spacial score (nSPS) is 20.3. The van der Waals surface area contributed by atoms with Gasteiger partial charge < -0.3 is 13.3 Å². The Hall–Kier alpha value is -0.763. The molecule has 1 aliphatic rings. The highest BCUT2D eigenvalue weighted by atomic mass is 28.4. The molecule has 1 unspecified atom stereocenters. The molecule has 116 valence electrons. The van der Waals surface area contributed by atoms with Crippen molar-refractivity contribution in [1.29, 1.82) is 0 Å². The van der Waals surface area contributed by atoms with E-state index in [0.717, 1.165) is 6.42 Å². The Morgan fingerprint density at radius 3 is 2.15 bits per heavy atom. The summed E-state index contributed by atoms with van der Waals surface area (Å²) in [6.07, 6.45) is 1.73. The first-order chi connectivity index (χ1) is 9.40. The van der Waals surface area contributed by atoms with Gasteiger partial charge in [0.15, 0.2) is 0 Å². The summed E-state index contributed by atoms with van der Waals surface area (Å²) in [4.78, 5) is 25.3. The summed E-state index contributed by atoms with van der Waals surface area (Å²) in [5.41, 5.74) is 0. The SMILES string of the molecule is CO[Si](CCCC1CC(=O)N(C(C)C)C1=O)(OC)OC. The molecule has 1 saturated heterocycles. The Labute approximate surface area is 121 Å². The zero-order valence-corrected chi connectivity index (χ0v) is 14.0. The van der Waals surface area contributed by atoms with E-state index in [9.17, 15) is 9.59 Å². The number of hydrogen-bond acceptors (Lipinski definition) is 5. The van der Waals surface area contributed by atoms with Crippen LogP contribution in [0.25, 0.3) is 0 Å². The van der Waals surface area contributed by atoms with Gasteiger partial charge in [-0.15, -0.1) is 0 Å². The first-order valence-corrected chi connectivity index (χ1v) is 8.85. The summed E-state index contributed by atoms with van der Waals surface area (Å²) >= 11 is 0. The molecule has 1 atom stereocenters. The van der Waals surface area contributed by atoms with Gasteiger partial charge in [0.05, 0.1) is 0 Å². The molecular formula is C13H25NO5Si. The van der Waals surface area contributed by atoms with Crippen molar-refractivity contribution in [3.8, 4) is 0 Å². The highest BCUT2D eigenvalue weighted by molar-refractivity contribution is 6.60.